The lowest BCUT2D eigenvalue weighted by molar-refractivity contribution is 0.596. The average molecular weight is 418 g/mol. The maximum atomic E-state index is 6.35. The van der Waals surface area contributed by atoms with Crippen LogP contribution in [0.3, 0.4) is 0 Å². The minimum Gasteiger partial charge on any atom is -0.463 e. The lowest BCUT2D eigenvalue weighted by atomic mass is 9.82. The summed E-state index contributed by atoms with van der Waals surface area (Å²) in [6.45, 7) is 6.74. The van der Waals surface area contributed by atoms with Crippen LogP contribution in [0, 0.1) is 0 Å². The van der Waals surface area contributed by atoms with Crippen molar-refractivity contribution in [2.45, 2.75) is 26.2 Å². The molecule has 0 N–H and O–H groups in total. The number of hydrogen-bond donors (Lipinski definition) is 0. The van der Waals surface area contributed by atoms with Crippen molar-refractivity contribution in [1.82, 2.24) is 9.97 Å². The van der Waals surface area contributed by atoms with Crippen molar-refractivity contribution in [2.24, 2.45) is 0 Å². The largest absolute Gasteiger partial charge is 0.463 e. The Kier molecular flexibility index (Phi) is 3.99. The molecule has 156 valence electrons. The fourth-order valence-electron chi connectivity index (χ4n) is 4.37. The molecular formula is C28H22N2O2. The van der Waals surface area contributed by atoms with Crippen LogP contribution in [0.4, 0.5) is 0 Å². The van der Waals surface area contributed by atoms with Gasteiger partial charge in [0.2, 0.25) is 0 Å². The van der Waals surface area contributed by atoms with Gasteiger partial charge in [-0.15, -0.1) is 0 Å². The second kappa shape index (κ2) is 6.79. The predicted octanol–water partition coefficient (Wildman–Crippen LogP) is 7.75. The molecule has 4 heteroatoms. The number of benzene rings is 2. The minimum atomic E-state index is 0.00175. The fraction of sp³-hybridized carbons (Fsp3) is 0.143. The molecule has 0 atom stereocenters. The molecule has 6 aromatic rings. The van der Waals surface area contributed by atoms with Gasteiger partial charge in [-0.05, 0) is 58.1 Å². The summed E-state index contributed by atoms with van der Waals surface area (Å²) in [4.78, 5) is 9.25. The van der Waals surface area contributed by atoms with E-state index >= 15 is 0 Å². The number of pyridine rings is 2. The normalized spacial score (nSPS) is 12.2. The fourth-order valence-corrected chi connectivity index (χ4v) is 4.37. The van der Waals surface area contributed by atoms with Crippen LogP contribution in [-0.4, -0.2) is 9.97 Å². The van der Waals surface area contributed by atoms with E-state index in [0.29, 0.717) is 5.76 Å². The molecule has 4 nitrogen and oxygen atoms in total. The molecule has 0 unspecified atom stereocenters. The Bertz CT molecular complexity index is 1620. The van der Waals surface area contributed by atoms with Gasteiger partial charge in [0, 0.05) is 22.5 Å². The molecular weight excluding hydrogens is 396 g/mol. The van der Waals surface area contributed by atoms with Gasteiger partial charge in [0.25, 0.3) is 0 Å². The van der Waals surface area contributed by atoms with Crippen LogP contribution < -0.4 is 0 Å². The second-order valence-corrected chi connectivity index (χ2v) is 9.21. The topological polar surface area (TPSA) is 52.1 Å². The van der Waals surface area contributed by atoms with Crippen molar-refractivity contribution in [1.29, 1.82) is 0 Å². The molecule has 0 aliphatic carbocycles. The van der Waals surface area contributed by atoms with Crippen LogP contribution in [0.2, 0.25) is 0 Å². The van der Waals surface area contributed by atoms with Crippen LogP contribution in [0.5, 0.6) is 0 Å². The molecule has 0 amide bonds. The molecule has 0 bridgehead atoms. The first-order chi connectivity index (χ1) is 15.5. The third kappa shape index (κ3) is 2.99. The SMILES string of the molecule is CC(C)(C)c1cc(-c2nccc3cc(-c4cc5ccoc5cn4)oc23)cc2ccccc12. The third-order valence-electron chi connectivity index (χ3n) is 5.97. The first-order valence-electron chi connectivity index (χ1n) is 10.7. The molecule has 0 saturated heterocycles. The summed E-state index contributed by atoms with van der Waals surface area (Å²) in [5.41, 5.74) is 5.50. The molecule has 4 heterocycles. The zero-order chi connectivity index (χ0) is 21.9. The minimum absolute atomic E-state index is 0.00175. The summed E-state index contributed by atoms with van der Waals surface area (Å²) in [5.74, 6) is 0.717. The van der Waals surface area contributed by atoms with E-state index in [9.17, 15) is 0 Å². The Labute approximate surface area is 185 Å². The lowest BCUT2D eigenvalue weighted by Crippen LogP contribution is -2.12. The van der Waals surface area contributed by atoms with Gasteiger partial charge in [-0.1, -0.05) is 45.0 Å². The van der Waals surface area contributed by atoms with E-state index in [0.717, 1.165) is 38.9 Å². The van der Waals surface area contributed by atoms with Gasteiger partial charge >= 0.3 is 0 Å². The van der Waals surface area contributed by atoms with Crippen LogP contribution in [0.25, 0.3) is 55.4 Å². The van der Waals surface area contributed by atoms with E-state index in [4.69, 9.17) is 13.8 Å². The second-order valence-electron chi connectivity index (χ2n) is 9.21. The highest BCUT2D eigenvalue weighted by Gasteiger charge is 2.20. The summed E-state index contributed by atoms with van der Waals surface area (Å²) in [6.07, 6.45) is 5.24. The Balaban J connectivity index is 1.56. The van der Waals surface area contributed by atoms with Crippen LogP contribution in [-0.2, 0) is 5.41 Å². The molecule has 0 saturated carbocycles. The Morgan fingerprint density at radius 3 is 2.56 bits per heavy atom. The van der Waals surface area contributed by atoms with Gasteiger partial charge in [0.1, 0.15) is 11.4 Å². The molecule has 0 radical (unpaired) electrons. The molecule has 0 aliphatic rings. The number of aromatic nitrogens is 2. The first kappa shape index (κ1) is 18.8. The summed E-state index contributed by atoms with van der Waals surface area (Å²) in [7, 11) is 0. The summed E-state index contributed by atoms with van der Waals surface area (Å²) in [5, 5.41) is 4.48. The van der Waals surface area contributed by atoms with Gasteiger partial charge in [-0.2, -0.15) is 0 Å². The standard InChI is InChI=1S/C28H22N2O2/c1-28(2,3)22-13-20(12-17-6-4-5-7-21(17)22)26-27-19(8-10-29-26)15-24(32-27)23-14-18-9-11-31-25(18)16-30-23/h4-16H,1-3H3. The van der Waals surface area contributed by atoms with E-state index in [1.807, 2.05) is 30.5 Å². The van der Waals surface area contributed by atoms with E-state index in [1.165, 1.54) is 16.3 Å². The highest BCUT2D eigenvalue weighted by molar-refractivity contribution is 5.97. The smallest absolute Gasteiger partial charge is 0.161 e. The average Bonchev–Trinajstić information content (AvgIpc) is 3.43. The van der Waals surface area contributed by atoms with Crippen molar-refractivity contribution in [3.05, 3.63) is 84.9 Å². The Hall–Kier alpha value is -3.92. The number of hydrogen-bond acceptors (Lipinski definition) is 4. The molecule has 6 rings (SSSR count). The highest BCUT2D eigenvalue weighted by Crippen LogP contribution is 2.38. The quantitative estimate of drug-likeness (QED) is 0.288. The van der Waals surface area contributed by atoms with E-state index in [1.54, 1.807) is 12.5 Å². The van der Waals surface area contributed by atoms with Gasteiger partial charge in [-0.3, -0.25) is 4.98 Å². The number of furan rings is 2. The first-order valence-corrected chi connectivity index (χ1v) is 10.7. The maximum absolute atomic E-state index is 6.35. The van der Waals surface area contributed by atoms with Crippen molar-refractivity contribution < 1.29 is 8.83 Å². The van der Waals surface area contributed by atoms with Gasteiger partial charge in [-0.25, -0.2) is 4.98 Å². The van der Waals surface area contributed by atoms with E-state index in [-0.39, 0.29) is 5.41 Å². The van der Waals surface area contributed by atoms with E-state index < -0.39 is 0 Å². The summed E-state index contributed by atoms with van der Waals surface area (Å²) < 4.78 is 11.8. The number of fused-ring (bicyclic) bond motifs is 3. The van der Waals surface area contributed by atoms with Crippen LogP contribution >= 0.6 is 0 Å². The van der Waals surface area contributed by atoms with Crippen molar-refractivity contribution in [3.63, 3.8) is 0 Å². The summed E-state index contributed by atoms with van der Waals surface area (Å²) >= 11 is 0. The molecule has 0 fully saturated rings. The third-order valence-corrected chi connectivity index (χ3v) is 5.97. The molecule has 4 aromatic heterocycles. The van der Waals surface area contributed by atoms with Gasteiger partial charge in [0.15, 0.2) is 16.9 Å². The van der Waals surface area contributed by atoms with Crippen molar-refractivity contribution in [3.8, 4) is 22.7 Å². The molecule has 32 heavy (non-hydrogen) atoms. The Morgan fingerprint density at radius 2 is 1.69 bits per heavy atom. The highest BCUT2D eigenvalue weighted by atomic mass is 16.3. The zero-order valence-corrected chi connectivity index (χ0v) is 18.2. The number of nitrogens with zero attached hydrogens (tertiary/aromatic N) is 2. The Morgan fingerprint density at radius 1 is 0.812 bits per heavy atom. The maximum Gasteiger partial charge on any atom is 0.161 e. The monoisotopic (exact) mass is 418 g/mol. The molecule has 0 spiro atoms. The van der Waals surface area contributed by atoms with Crippen LogP contribution in [0.1, 0.15) is 26.3 Å². The van der Waals surface area contributed by atoms with Gasteiger partial charge in [0.05, 0.1) is 12.5 Å². The number of rotatable bonds is 2. The molecule has 2 aromatic carbocycles. The van der Waals surface area contributed by atoms with E-state index in [2.05, 4.69) is 62.2 Å². The summed E-state index contributed by atoms with van der Waals surface area (Å²) in [6, 6.07) is 20.9. The van der Waals surface area contributed by atoms with Crippen LogP contribution in [0.15, 0.2) is 88.2 Å². The zero-order valence-electron chi connectivity index (χ0n) is 18.2. The molecule has 0 aliphatic heterocycles. The van der Waals surface area contributed by atoms with Crippen molar-refractivity contribution in [2.75, 3.05) is 0 Å². The van der Waals surface area contributed by atoms with Gasteiger partial charge < -0.3 is 8.83 Å². The lowest BCUT2D eigenvalue weighted by Gasteiger charge is -2.22. The van der Waals surface area contributed by atoms with Crippen molar-refractivity contribution >= 4 is 32.7 Å². The predicted molar refractivity (Wildman–Crippen MR) is 129 cm³/mol.